The Labute approximate surface area is 194 Å². The van der Waals surface area contributed by atoms with E-state index in [0.29, 0.717) is 5.02 Å². The number of rotatable bonds is 5. The average Bonchev–Trinajstić information content (AvgIpc) is 2.84. The quantitative estimate of drug-likeness (QED) is 0.609. The third-order valence-corrected chi connectivity index (χ3v) is 6.93. The highest BCUT2D eigenvalue weighted by Crippen LogP contribution is 2.36. The standard InChI is InChI=1S/C27H28ClN3O/c28-21-8-6-7-20(19-21)26-24-12-5-4-11-23(24)25(27(32)29-26)13-14-30-15-17-31(18-16-30)22-9-2-1-3-10-22/h1-12,19,25-26H,13-18H2,(H,29,32). The molecule has 0 aromatic heterocycles. The lowest BCUT2D eigenvalue weighted by Gasteiger charge is -2.37. The van der Waals surface area contributed by atoms with Gasteiger partial charge in [0, 0.05) is 36.9 Å². The summed E-state index contributed by atoms with van der Waals surface area (Å²) in [6.45, 7) is 5.02. The van der Waals surface area contributed by atoms with Gasteiger partial charge in [-0.25, -0.2) is 0 Å². The Bertz CT molecular complexity index is 1080. The minimum absolute atomic E-state index is 0.108. The first-order valence-electron chi connectivity index (χ1n) is 11.4. The molecule has 0 radical (unpaired) electrons. The predicted molar refractivity (Wildman–Crippen MR) is 130 cm³/mol. The number of hydrogen-bond donors (Lipinski definition) is 1. The third-order valence-electron chi connectivity index (χ3n) is 6.70. The Morgan fingerprint density at radius 1 is 0.844 bits per heavy atom. The molecule has 2 heterocycles. The molecule has 5 rings (SSSR count). The van der Waals surface area contributed by atoms with Gasteiger partial charge in [0.1, 0.15) is 0 Å². The van der Waals surface area contributed by atoms with Crippen LogP contribution in [-0.4, -0.2) is 43.5 Å². The van der Waals surface area contributed by atoms with E-state index in [1.165, 1.54) is 11.3 Å². The average molecular weight is 446 g/mol. The molecular weight excluding hydrogens is 418 g/mol. The zero-order valence-corrected chi connectivity index (χ0v) is 18.8. The molecule has 0 spiro atoms. The van der Waals surface area contributed by atoms with E-state index in [2.05, 4.69) is 57.6 Å². The summed E-state index contributed by atoms with van der Waals surface area (Å²) in [5, 5.41) is 3.94. The molecule has 1 N–H and O–H groups in total. The molecule has 4 nitrogen and oxygen atoms in total. The van der Waals surface area contributed by atoms with Crippen LogP contribution in [0.5, 0.6) is 0 Å². The van der Waals surface area contributed by atoms with Gasteiger partial charge in [0.2, 0.25) is 5.91 Å². The number of para-hydroxylation sites is 1. The molecule has 2 atom stereocenters. The predicted octanol–water partition coefficient (Wildman–Crippen LogP) is 4.86. The summed E-state index contributed by atoms with van der Waals surface area (Å²) in [6, 6.07) is 26.6. The Morgan fingerprint density at radius 3 is 2.31 bits per heavy atom. The van der Waals surface area contributed by atoms with Gasteiger partial charge in [-0.1, -0.05) is 66.2 Å². The smallest absolute Gasteiger partial charge is 0.228 e. The van der Waals surface area contributed by atoms with Gasteiger partial charge < -0.3 is 10.2 Å². The number of amides is 1. The molecule has 2 aliphatic heterocycles. The van der Waals surface area contributed by atoms with Gasteiger partial charge in [-0.2, -0.15) is 0 Å². The number of hydrogen-bond acceptors (Lipinski definition) is 3. The van der Waals surface area contributed by atoms with E-state index in [9.17, 15) is 4.79 Å². The van der Waals surface area contributed by atoms with Crippen molar-refractivity contribution in [3.63, 3.8) is 0 Å². The zero-order valence-electron chi connectivity index (χ0n) is 18.1. The van der Waals surface area contributed by atoms with E-state index >= 15 is 0 Å². The monoisotopic (exact) mass is 445 g/mol. The highest BCUT2D eigenvalue weighted by molar-refractivity contribution is 6.30. The van der Waals surface area contributed by atoms with Gasteiger partial charge >= 0.3 is 0 Å². The molecule has 2 aliphatic rings. The molecule has 1 amide bonds. The van der Waals surface area contributed by atoms with Crippen LogP contribution in [0.1, 0.15) is 35.1 Å². The Morgan fingerprint density at radius 2 is 1.56 bits per heavy atom. The maximum absolute atomic E-state index is 13.2. The van der Waals surface area contributed by atoms with Crippen molar-refractivity contribution in [2.24, 2.45) is 0 Å². The van der Waals surface area contributed by atoms with E-state index in [1.54, 1.807) is 0 Å². The number of anilines is 1. The van der Waals surface area contributed by atoms with Crippen LogP contribution in [0.3, 0.4) is 0 Å². The number of carbonyl (C=O) groups excluding carboxylic acids is 1. The Hall–Kier alpha value is -2.82. The second-order valence-electron chi connectivity index (χ2n) is 8.63. The maximum atomic E-state index is 13.2. The normalized spacial score (nSPS) is 21.2. The fourth-order valence-corrected chi connectivity index (χ4v) is 5.17. The van der Waals surface area contributed by atoms with E-state index < -0.39 is 0 Å². The summed E-state index contributed by atoms with van der Waals surface area (Å²) in [7, 11) is 0. The number of halogens is 1. The SMILES string of the molecule is O=C1NC(c2cccc(Cl)c2)c2ccccc2C1CCN1CCN(c2ccccc2)CC1. The molecule has 1 fully saturated rings. The van der Waals surface area contributed by atoms with E-state index in [4.69, 9.17) is 11.6 Å². The van der Waals surface area contributed by atoms with Crippen molar-refractivity contribution in [2.45, 2.75) is 18.4 Å². The molecule has 164 valence electrons. The molecule has 0 aliphatic carbocycles. The van der Waals surface area contributed by atoms with Gasteiger partial charge in [-0.05, 0) is 53.9 Å². The molecule has 5 heteroatoms. The van der Waals surface area contributed by atoms with Crippen molar-refractivity contribution in [3.05, 3.63) is 101 Å². The summed E-state index contributed by atoms with van der Waals surface area (Å²) in [6.07, 6.45) is 0.830. The first-order valence-corrected chi connectivity index (χ1v) is 11.7. The lowest BCUT2D eigenvalue weighted by Crippen LogP contribution is -2.47. The number of carbonyl (C=O) groups is 1. The van der Waals surface area contributed by atoms with Crippen LogP contribution >= 0.6 is 11.6 Å². The summed E-state index contributed by atoms with van der Waals surface area (Å²) in [4.78, 5) is 18.1. The lowest BCUT2D eigenvalue weighted by molar-refractivity contribution is -0.124. The van der Waals surface area contributed by atoms with Gasteiger partial charge in [0.15, 0.2) is 0 Å². The topological polar surface area (TPSA) is 35.6 Å². The van der Waals surface area contributed by atoms with Crippen LogP contribution in [0.15, 0.2) is 78.9 Å². The van der Waals surface area contributed by atoms with Gasteiger partial charge in [-0.3, -0.25) is 9.69 Å². The van der Waals surface area contributed by atoms with Crippen LogP contribution in [0.4, 0.5) is 5.69 Å². The summed E-state index contributed by atoms with van der Waals surface area (Å²) in [5.41, 5.74) is 4.63. The first-order chi connectivity index (χ1) is 15.7. The number of nitrogens with zero attached hydrogens (tertiary/aromatic N) is 2. The molecular formula is C27H28ClN3O. The molecule has 3 aromatic carbocycles. The fraction of sp³-hybridized carbons (Fsp3) is 0.296. The molecule has 3 aromatic rings. The van der Waals surface area contributed by atoms with Crippen LogP contribution in [-0.2, 0) is 4.79 Å². The molecule has 1 saturated heterocycles. The number of fused-ring (bicyclic) bond motifs is 1. The van der Waals surface area contributed by atoms with Gasteiger partial charge in [0.25, 0.3) is 0 Å². The first kappa shape index (κ1) is 21.0. The van der Waals surface area contributed by atoms with E-state index in [-0.39, 0.29) is 17.9 Å². The van der Waals surface area contributed by atoms with Crippen molar-refractivity contribution >= 4 is 23.2 Å². The lowest BCUT2D eigenvalue weighted by atomic mass is 9.82. The Balaban J connectivity index is 1.26. The molecule has 2 unspecified atom stereocenters. The van der Waals surface area contributed by atoms with Gasteiger partial charge in [-0.15, -0.1) is 0 Å². The minimum atomic E-state index is -0.150. The van der Waals surface area contributed by atoms with Crippen LogP contribution in [0.25, 0.3) is 0 Å². The number of piperazine rings is 1. The second kappa shape index (κ2) is 9.35. The molecule has 0 bridgehead atoms. The third kappa shape index (κ3) is 4.38. The van der Waals surface area contributed by atoms with Gasteiger partial charge in [0.05, 0.1) is 12.0 Å². The van der Waals surface area contributed by atoms with Crippen molar-refractivity contribution in [1.29, 1.82) is 0 Å². The second-order valence-corrected chi connectivity index (χ2v) is 9.07. The largest absolute Gasteiger partial charge is 0.369 e. The van der Waals surface area contributed by atoms with Crippen LogP contribution < -0.4 is 10.2 Å². The molecule has 0 saturated carbocycles. The van der Waals surface area contributed by atoms with Crippen molar-refractivity contribution in [3.8, 4) is 0 Å². The fourth-order valence-electron chi connectivity index (χ4n) is 4.97. The summed E-state index contributed by atoms with van der Waals surface area (Å²) < 4.78 is 0. The van der Waals surface area contributed by atoms with E-state index in [0.717, 1.165) is 50.3 Å². The number of nitrogens with one attached hydrogen (secondary N) is 1. The van der Waals surface area contributed by atoms with Crippen LogP contribution in [0, 0.1) is 0 Å². The van der Waals surface area contributed by atoms with Crippen molar-refractivity contribution < 1.29 is 4.79 Å². The number of benzene rings is 3. The summed E-state index contributed by atoms with van der Waals surface area (Å²) >= 11 is 6.22. The Kier molecular flexibility index (Phi) is 6.15. The minimum Gasteiger partial charge on any atom is -0.369 e. The highest BCUT2D eigenvalue weighted by atomic mass is 35.5. The van der Waals surface area contributed by atoms with Crippen molar-refractivity contribution in [2.75, 3.05) is 37.6 Å². The van der Waals surface area contributed by atoms with Crippen molar-refractivity contribution in [1.82, 2.24) is 10.2 Å². The van der Waals surface area contributed by atoms with E-state index in [1.807, 2.05) is 36.4 Å². The zero-order chi connectivity index (χ0) is 21.9. The molecule has 32 heavy (non-hydrogen) atoms. The highest BCUT2D eigenvalue weighted by Gasteiger charge is 2.34. The van der Waals surface area contributed by atoms with Crippen LogP contribution in [0.2, 0.25) is 5.02 Å². The summed E-state index contributed by atoms with van der Waals surface area (Å²) in [5.74, 6) is -0.00890. The maximum Gasteiger partial charge on any atom is 0.228 e.